The quantitative estimate of drug-likeness (QED) is 0.366. The van der Waals surface area contributed by atoms with Gasteiger partial charge in [0, 0.05) is 10.4 Å². The van der Waals surface area contributed by atoms with Crippen LogP contribution in [0.5, 0.6) is 0 Å². The molecule has 0 saturated heterocycles. The minimum absolute atomic E-state index is 0.623. The fraction of sp³-hybridized carbons (Fsp3) is 0.0476. The number of benzene rings is 2. The fourth-order valence-electron chi connectivity index (χ4n) is 2.57. The molecule has 4 rings (SSSR count). The molecule has 0 saturated carbocycles. The Labute approximate surface area is 170 Å². The van der Waals surface area contributed by atoms with E-state index in [0.29, 0.717) is 11.6 Å². The molecule has 134 valence electrons. The highest BCUT2D eigenvalue weighted by Crippen LogP contribution is 2.25. The topological polar surface area (TPSA) is 29.6 Å². The van der Waals surface area contributed by atoms with Crippen molar-refractivity contribution in [2.24, 2.45) is 10.1 Å². The van der Waals surface area contributed by atoms with Gasteiger partial charge in [0.25, 0.3) is 0 Å². The molecule has 0 atom stereocenters. The molecule has 0 bridgehead atoms. The van der Waals surface area contributed by atoms with Gasteiger partial charge in [0.2, 0.25) is 4.80 Å². The third-order valence-electron chi connectivity index (χ3n) is 3.87. The van der Waals surface area contributed by atoms with E-state index in [1.807, 2.05) is 59.4 Å². The van der Waals surface area contributed by atoms with Gasteiger partial charge < -0.3 is 0 Å². The SMILES string of the molecule is Clc1cccc(/C=N/n2c(-c3cccs3)csc2=NCc2ccccc2)c1. The maximum atomic E-state index is 6.08. The van der Waals surface area contributed by atoms with Crippen LogP contribution in [0.25, 0.3) is 10.6 Å². The van der Waals surface area contributed by atoms with E-state index in [2.05, 4.69) is 29.0 Å². The summed E-state index contributed by atoms with van der Waals surface area (Å²) in [4.78, 5) is 6.81. The highest BCUT2D eigenvalue weighted by Gasteiger charge is 2.08. The van der Waals surface area contributed by atoms with Gasteiger partial charge in [0.05, 0.1) is 23.3 Å². The summed E-state index contributed by atoms with van der Waals surface area (Å²) in [6.45, 7) is 0.623. The smallest absolute Gasteiger partial charge is 0.206 e. The molecule has 3 nitrogen and oxygen atoms in total. The van der Waals surface area contributed by atoms with E-state index in [1.54, 1.807) is 22.7 Å². The van der Waals surface area contributed by atoms with Crippen LogP contribution in [0.15, 0.2) is 87.6 Å². The molecule has 0 aliphatic rings. The Bertz CT molecular complexity index is 1110. The average Bonchev–Trinajstić information content (AvgIpc) is 3.35. The van der Waals surface area contributed by atoms with Crippen molar-refractivity contribution in [3.05, 3.63) is 98.4 Å². The summed E-state index contributed by atoms with van der Waals surface area (Å²) in [6, 6.07) is 22.0. The summed E-state index contributed by atoms with van der Waals surface area (Å²) in [5.74, 6) is 0. The molecule has 0 aliphatic heterocycles. The normalized spacial score (nSPS) is 12.1. The molecule has 27 heavy (non-hydrogen) atoms. The van der Waals surface area contributed by atoms with Crippen LogP contribution in [-0.2, 0) is 6.54 Å². The monoisotopic (exact) mass is 409 g/mol. The lowest BCUT2D eigenvalue weighted by Crippen LogP contribution is -2.12. The lowest BCUT2D eigenvalue weighted by molar-refractivity contribution is 0.826. The van der Waals surface area contributed by atoms with E-state index < -0.39 is 0 Å². The van der Waals surface area contributed by atoms with Crippen LogP contribution < -0.4 is 4.80 Å². The van der Waals surface area contributed by atoms with Gasteiger partial charge in [0.1, 0.15) is 0 Å². The Morgan fingerprint density at radius 1 is 0.963 bits per heavy atom. The summed E-state index contributed by atoms with van der Waals surface area (Å²) < 4.78 is 1.90. The molecule has 0 N–H and O–H groups in total. The van der Waals surface area contributed by atoms with E-state index in [9.17, 15) is 0 Å². The molecule has 2 aromatic carbocycles. The van der Waals surface area contributed by atoms with Crippen molar-refractivity contribution in [3.8, 4) is 10.6 Å². The fourth-order valence-corrected chi connectivity index (χ4v) is 4.40. The number of nitrogens with zero attached hydrogens (tertiary/aromatic N) is 3. The number of halogens is 1. The van der Waals surface area contributed by atoms with Crippen molar-refractivity contribution >= 4 is 40.5 Å². The average molecular weight is 410 g/mol. The first-order valence-corrected chi connectivity index (χ1v) is 10.5. The number of thiophene rings is 1. The van der Waals surface area contributed by atoms with Crippen LogP contribution in [0.4, 0.5) is 0 Å². The van der Waals surface area contributed by atoms with Gasteiger partial charge in [-0.15, -0.1) is 22.7 Å². The highest BCUT2D eigenvalue weighted by molar-refractivity contribution is 7.14. The van der Waals surface area contributed by atoms with E-state index in [0.717, 1.165) is 20.9 Å². The largest absolute Gasteiger partial charge is 0.253 e. The van der Waals surface area contributed by atoms with Crippen LogP contribution in [0.2, 0.25) is 5.02 Å². The third-order valence-corrected chi connectivity index (χ3v) is 5.85. The van der Waals surface area contributed by atoms with Crippen LogP contribution in [-0.4, -0.2) is 10.9 Å². The second kappa shape index (κ2) is 8.48. The summed E-state index contributed by atoms with van der Waals surface area (Å²) >= 11 is 9.37. The van der Waals surface area contributed by atoms with Gasteiger partial charge in [-0.05, 0) is 34.7 Å². The van der Waals surface area contributed by atoms with Gasteiger partial charge in [-0.3, -0.25) is 4.99 Å². The van der Waals surface area contributed by atoms with E-state index >= 15 is 0 Å². The van der Waals surface area contributed by atoms with Crippen molar-refractivity contribution in [3.63, 3.8) is 0 Å². The number of thiazole rings is 1. The molecule has 0 fully saturated rings. The maximum Gasteiger partial charge on any atom is 0.206 e. The van der Waals surface area contributed by atoms with Crippen molar-refractivity contribution in [1.82, 2.24) is 4.68 Å². The van der Waals surface area contributed by atoms with E-state index in [-0.39, 0.29) is 0 Å². The Hall–Kier alpha value is -2.47. The second-order valence-electron chi connectivity index (χ2n) is 5.79. The van der Waals surface area contributed by atoms with Crippen molar-refractivity contribution in [2.75, 3.05) is 0 Å². The lowest BCUT2D eigenvalue weighted by Gasteiger charge is -2.01. The lowest BCUT2D eigenvalue weighted by atomic mass is 10.2. The molecule has 2 heterocycles. The van der Waals surface area contributed by atoms with Crippen LogP contribution in [0, 0.1) is 0 Å². The Kier molecular flexibility index (Phi) is 5.63. The molecule has 6 heteroatoms. The standard InChI is InChI=1S/C21H16ClN3S2/c22-18-9-4-8-17(12-18)14-24-25-19(20-10-5-11-26-20)15-27-21(25)23-13-16-6-2-1-3-7-16/h1-12,14-15H,13H2/b23-21?,24-14+. The molecule has 0 radical (unpaired) electrons. The highest BCUT2D eigenvalue weighted by atomic mass is 35.5. The number of aromatic nitrogens is 1. The summed E-state index contributed by atoms with van der Waals surface area (Å²) in [5.41, 5.74) is 3.17. The van der Waals surface area contributed by atoms with Gasteiger partial charge in [-0.2, -0.15) is 5.10 Å². The predicted molar refractivity (Wildman–Crippen MR) is 116 cm³/mol. The molecule has 0 amide bonds. The number of hydrogen-bond donors (Lipinski definition) is 0. The van der Waals surface area contributed by atoms with Crippen molar-refractivity contribution < 1.29 is 0 Å². The van der Waals surface area contributed by atoms with Crippen LogP contribution in [0.1, 0.15) is 11.1 Å². The van der Waals surface area contributed by atoms with Crippen LogP contribution in [0.3, 0.4) is 0 Å². The Morgan fingerprint density at radius 2 is 1.85 bits per heavy atom. The van der Waals surface area contributed by atoms with Crippen LogP contribution >= 0.6 is 34.3 Å². The zero-order chi connectivity index (χ0) is 18.5. The second-order valence-corrected chi connectivity index (χ2v) is 8.01. The first-order chi connectivity index (χ1) is 13.3. The third kappa shape index (κ3) is 4.45. The Morgan fingerprint density at radius 3 is 2.63 bits per heavy atom. The number of rotatable bonds is 5. The Balaban J connectivity index is 1.73. The molecular formula is C21H16ClN3S2. The molecule has 2 aromatic heterocycles. The maximum absolute atomic E-state index is 6.08. The molecule has 0 unspecified atom stereocenters. The van der Waals surface area contributed by atoms with Crippen molar-refractivity contribution in [1.29, 1.82) is 0 Å². The molecule has 0 aliphatic carbocycles. The molecule has 0 spiro atoms. The van der Waals surface area contributed by atoms with E-state index in [4.69, 9.17) is 21.7 Å². The minimum atomic E-state index is 0.623. The van der Waals surface area contributed by atoms with Gasteiger partial charge >= 0.3 is 0 Å². The summed E-state index contributed by atoms with van der Waals surface area (Å²) in [7, 11) is 0. The minimum Gasteiger partial charge on any atom is -0.253 e. The first kappa shape index (κ1) is 17.9. The zero-order valence-electron chi connectivity index (χ0n) is 14.3. The van der Waals surface area contributed by atoms with Crippen molar-refractivity contribution in [2.45, 2.75) is 6.54 Å². The first-order valence-electron chi connectivity index (χ1n) is 8.38. The number of hydrogen-bond acceptors (Lipinski definition) is 4. The summed E-state index contributed by atoms with van der Waals surface area (Å²) in [5, 5.41) is 9.57. The zero-order valence-corrected chi connectivity index (χ0v) is 16.7. The van der Waals surface area contributed by atoms with Gasteiger partial charge in [0.15, 0.2) is 0 Å². The molecular weight excluding hydrogens is 394 g/mol. The molecule has 4 aromatic rings. The van der Waals surface area contributed by atoms with Gasteiger partial charge in [-0.25, -0.2) is 4.68 Å². The van der Waals surface area contributed by atoms with E-state index in [1.165, 1.54) is 5.56 Å². The summed E-state index contributed by atoms with van der Waals surface area (Å²) in [6.07, 6.45) is 1.82. The van der Waals surface area contributed by atoms with Gasteiger partial charge in [-0.1, -0.05) is 60.1 Å². The predicted octanol–water partition coefficient (Wildman–Crippen LogP) is 5.91.